The largest absolute Gasteiger partial charge is 0.295 e. The standard InChI is InChI=1S/C17H23NO/c1-14-4-6-15(7-5-14)16(19)12-18-11-10-17(13-18)8-2-3-9-17/h4-7H,2-3,8-13H2,1H3. The van der Waals surface area contributed by atoms with Crippen LogP contribution in [0.4, 0.5) is 0 Å². The van der Waals surface area contributed by atoms with Gasteiger partial charge in [-0.3, -0.25) is 9.69 Å². The van der Waals surface area contributed by atoms with Gasteiger partial charge in [0.1, 0.15) is 0 Å². The third kappa shape index (κ3) is 2.74. The van der Waals surface area contributed by atoms with Crippen LogP contribution in [-0.2, 0) is 0 Å². The van der Waals surface area contributed by atoms with Gasteiger partial charge >= 0.3 is 0 Å². The second-order valence-corrected chi connectivity index (χ2v) is 6.46. The Morgan fingerprint density at radius 2 is 1.84 bits per heavy atom. The number of likely N-dealkylation sites (tertiary alicyclic amines) is 1. The van der Waals surface area contributed by atoms with Crippen LogP contribution in [0.1, 0.15) is 48.0 Å². The number of aryl methyl sites for hydroxylation is 1. The Hall–Kier alpha value is -1.15. The molecular weight excluding hydrogens is 234 g/mol. The van der Waals surface area contributed by atoms with Crippen molar-refractivity contribution in [2.45, 2.75) is 39.0 Å². The van der Waals surface area contributed by atoms with E-state index in [2.05, 4.69) is 11.8 Å². The molecule has 1 aliphatic heterocycles. The molecule has 3 rings (SSSR count). The molecule has 0 amide bonds. The molecule has 1 aliphatic carbocycles. The van der Waals surface area contributed by atoms with Gasteiger partial charge in [0.25, 0.3) is 0 Å². The van der Waals surface area contributed by atoms with Gasteiger partial charge in [0, 0.05) is 12.1 Å². The highest BCUT2D eigenvalue weighted by Crippen LogP contribution is 2.45. The first-order valence-corrected chi connectivity index (χ1v) is 7.49. The number of benzene rings is 1. The molecule has 102 valence electrons. The molecule has 1 saturated carbocycles. The molecule has 0 atom stereocenters. The smallest absolute Gasteiger partial charge is 0.176 e. The number of ketones is 1. The van der Waals surface area contributed by atoms with E-state index < -0.39 is 0 Å². The molecule has 0 unspecified atom stereocenters. The summed E-state index contributed by atoms with van der Waals surface area (Å²) in [4.78, 5) is 14.6. The van der Waals surface area contributed by atoms with E-state index in [0.717, 1.165) is 18.7 Å². The van der Waals surface area contributed by atoms with Gasteiger partial charge in [-0.15, -0.1) is 0 Å². The highest BCUT2D eigenvalue weighted by molar-refractivity contribution is 5.97. The molecule has 0 aromatic heterocycles. The first-order chi connectivity index (χ1) is 9.17. The normalized spacial score (nSPS) is 22.2. The van der Waals surface area contributed by atoms with Crippen LogP contribution >= 0.6 is 0 Å². The summed E-state index contributed by atoms with van der Waals surface area (Å²) in [5, 5.41) is 0. The molecule has 1 aromatic carbocycles. The van der Waals surface area contributed by atoms with E-state index in [1.807, 2.05) is 24.3 Å². The van der Waals surface area contributed by atoms with E-state index in [9.17, 15) is 4.79 Å². The monoisotopic (exact) mass is 257 g/mol. The number of hydrogen-bond donors (Lipinski definition) is 0. The van der Waals surface area contributed by atoms with E-state index in [1.54, 1.807) is 0 Å². The number of carbonyl (C=O) groups excluding carboxylic acids is 1. The first-order valence-electron chi connectivity index (χ1n) is 7.49. The third-order valence-electron chi connectivity index (χ3n) is 4.92. The van der Waals surface area contributed by atoms with Crippen molar-refractivity contribution in [3.63, 3.8) is 0 Å². The number of rotatable bonds is 3. The van der Waals surface area contributed by atoms with Gasteiger partial charge in [0.2, 0.25) is 0 Å². The fourth-order valence-electron chi connectivity index (χ4n) is 3.73. The first kappa shape index (κ1) is 12.9. The number of nitrogens with zero attached hydrogens (tertiary/aromatic N) is 1. The lowest BCUT2D eigenvalue weighted by molar-refractivity contribution is 0.0938. The van der Waals surface area contributed by atoms with E-state index in [0.29, 0.717) is 12.0 Å². The van der Waals surface area contributed by atoms with Crippen LogP contribution in [0, 0.1) is 12.3 Å². The lowest BCUT2D eigenvalue weighted by Crippen LogP contribution is -2.30. The molecule has 2 aliphatic rings. The summed E-state index contributed by atoms with van der Waals surface area (Å²) in [6.07, 6.45) is 6.83. The van der Waals surface area contributed by atoms with Crippen LogP contribution in [0.25, 0.3) is 0 Å². The summed E-state index contributed by atoms with van der Waals surface area (Å²) in [6, 6.07) is 7.96. The predicted octanol–water partition coefficient (Wildman–Crippen LogP) is 3.44. The Kier molecular flexibility index (Phi) is 3.44. The Morgan fingerprint density at radius 1 is 1.16 bits per heavy atom. The summed E-state index contributed by atoms with van der Waals surface area (Å²) >= 11 is 0. The zero-order valence-electron chi connectivity index (χ0n) is 11.8. The van der Waals surface area contributed by atoms with Gasteiger partial charge in [-0.2, -0.15) is 0 Å². The highest BCUT2D eigenvalue weighted by atomic mass is 16.1. The topological polar surface area (TPSA) is 20.3 Å². The van der Waals surface area contributed by atoms with Gasteiger partial charge in [-0.05, 0) is 38.1 Å². The summed E-state index contributed by atoms with van der Waals surface area (Å²) in [7, 11) is 0. The molecule has 0 N–H and O–H groups in total. The molecule has 2 fully saturated rings. The fourth-order valence-corrected chi connectivity index (χ4v) is 3.73. The second-order valence-electron chi connectivity index (χ2n) is 6.46. The molecule has 19 heavy (non-hydrogen) atoms. The second kappa shape index (κ2) is 5.09. The van der Waals surface area contributed by atoms with Crippen molar-refractivity contribution >= 4 is 5.78 Å². The van der Waals surface area contributed by atoms with Crippen molar-refractivity contribution < 1.29 is 4.79 Å². The van der Waals surface area contributed by atoms with Gasteiger partial charge in [0.05, 0.1) is 6.54 Å². The molecule has 1 saturated heterocycles. The van der Waals surface area contributed by atoms with E-state index >= 15 is 0 Å². The van der Waals surface area contributed by atoms with Gasteiger partial charge in [0.15, 0.2) is 5.78 Å². The van der Waals surface area contributed by atoms with Gasteiger partial charge in [-0.1, -0.05) is 42.7 Å². The van der Waals surface area contributed by atoms with E-state index in [-0.39, 0.29) is 5.78 Å². The molecule has 0 radical (unpaired) electrons. The average Bonchev–Trinajstić information content (AvgIpc) is 3.01. The van der Waals surface area contributed by atoms with Crippen LogP contribution < -0.4 is 0 Å². The molecule has 1 spiro atoms. The minimum absolute atomic E-state index is 0.273. The lowest BCUT2D eigenvalue weighted by Gasteiger charge is -2.23. The average molecular weight is 257 g/mol. The van der Waals surface area contributed by atoms with E-state index in [1.165, 1.54) is 37.7 Å². The highest BCUT2D eigenvalue weighted by Gasteiger charge is 2.40. The molecule has 1 heterocycles. The van der Waals surface area contributed by atoms with Crippen molar-refractivity contribution in [3.8, 4) is 0 Å². The van der Waals surface area contributed by atoms with Crippen LogP contribution in [-0.4, -0.2) is 30.3 Å². The Balaban J connectivity index is 1.60. The van der Waals surface area contributed by atoms with Crippen LogP contribution in [0.2, 0.25) is 0 Å². The lowest BCUT2D eigenvalue weighted by atomic mass is 9.86. The Bertz CT molecular complexity index is 457. The number of Topliss-reactive ketones (excluding diaryl/α,β-unsaturated/α-hetero) is 1. The summed E-state index contributed by atoms with van der Waals surface area (Å²) in [5.74, 6) is 0.273. The van der Waals surface area contributed by atoms with Crippen molar-refractivity contribution in [1.29, 1.82) is 0 Å². The quantitative estimate of drug-likeness (QED) is 0.773. The molecule has 2 heteroatoms. The zero-order chi connectivity index (χ0) is 13.3. The van der Waals surface area contributed by atoms with Gasteiger partial charge < -0.3 is 0 Å². The molecular formula is C17H23NO. The van der Waals surface area contributed by atoms with Crippen molar-refractivity contribution in [2.75, 3.05) is 19.6 Å². The van der Waals surface area contributed by atoms with E-state index in [4.69, 9.17) is 0 Å². The third-order valence-corrected chi connectivity index (χ3v) is 4.92. The summed E-state index contributed by atoms with van der Waals surface area (Å²) < 4.78 is 0. The SMILES string of the molecule is Cc1ccc(C(=O)CN2CCC3(CCCC3)C2)cc1. The maximum atomic E-state index is 12.3. The number of hydrogen-bond acceptors (Lipinski definition) is 2. The van der Waals surface area contributed by atoms with Crippen LogP contribution in [0.3, 0.4) is 0 Å². The van der Waals surface area contributed by atoms with Crippen LogP contribution in [0.5, 0.6) is 0 Å². The molecule has 0 bridgehead atoms. The van der Waals surface area contributed by atoms with Crippen molar-refractivity contribution in [2.24, 2.45) is 5.41 Å². The van der Waals surface area contributed by atoms with Crippen molar-refractivity contribution in [3.05, 3.63) is 35.4 Å². The zero-order valence-corrected chi connectivity index (χ0v) is 11.8. The molecule has 1 aromatic rings. The minimum Gasteiger partial charge on any atom is -0.295 e. The predicted molar refractivity (Wildman–Crippen MR) is 77.5 cm³/mol. The van der Waals surface area contributed by atoms with Crippen LogP contribution in [0.15, 0.2) is 24.3 Å². The Labute approximate surface area is 115 Å². The fraction of sp³-hybridized carbons (Fsp3) is 0.588. The van der Waals surface area contributed by atoms with Gasteiger partial charge in [-0.25, -0.2) is 0 Å². The number of carbonyl (C=O) groups is 1. The Morgan fingerprint density at radius 3 is 2.53 bits per heavy atom. The molecule has 2 nitrogen and oxygen atoms in total. The van der Waals surface area contributed by atoms with Crippen molar-refractivity contribution in [1.82, 2.24) is 4.90 Å². The summed E-state index contributed by atoms with van der Waals surface area (Å²) in [5.41, 5.74) is 2.63. The maximum Gasteiger partial charge on any atom is 0.176 e. The summed E-state index contributed by atoms with van der Waals surface area (Å²) in [6.45, 7) is 4.91. The maximum absolute atomic E-state index is 12.3. The minimum atomic E-state index is 0.273.